The normalized spacial score (nSPS) is 12.0. The van der Waals surface area contributed by atoms with Crippen LogP contribution in [-0.2, 0) is 20.8 Å². The van der Waals surface area contributed by atoms with Crippen LogP contribution in [0.15, 0.2) is 30.5 Å². The van der Waals surface area contributed by atoms with Gasteiger partial charge in [-0.3, -0.25) is 9.59 Å². The zero-order valence-corrected chi connectivity index (χ0v) is 13.2. The largest absolute Gasteiger partial charge is 0.548 e. The number of hydrogen-bond donors (Lipinski definition) is 3. The minimum Gasteiger partial charge on any atom is -0.548 e. The average molecular weight is 330 g/mol. The number of para-hydroxylation sites is 1. The molecule has 0 aliphatic carbocycles. The van der Waals surface area contributed by atoms with E-state index in [9.17, 15) is 19.5 Å². The lowest BCUT2D eigenvalue weighted by molar-refractivity contribution is -0.308. The number of hydrogen-bond acceptors (Lipinski definition) is 4. The average Bonchev–Trinajstić information content (AvgIpc) is 2.94. The summed E-state index contributed by atoms with van der Waals surface area (Å²) in [5.74, 6) is -2.41. The summed E-state index contributed by atoms with van der Waals surface area (Å²) in [5, 5.41) is 14.5. The summed E-state index contributed by atoms with van der Waals surface area (Å²) in [6, 6.07) is 6.70. The van der Waals surface area contributed by atoms with E-state index in [4.69, 9.17) is 5.73 Å². The Morgan fingerprint density at radius 3 is 2.67 bits per heavy atom. The number of carboxylic acids is 1. The summed E-state index contributed by atoms with van der Waals surface area (Å²) in [7, 11) is 0. The molecule has 0 bridgehead atoms. The molecule has 0 aliphatic rings. The molecule has 4 N–H and O–H groups in total. The molecule has 0 fully saturated rings. The predicted molar refractivity (Wildman–Crippen MR) is 86.6 cm³/mol. The highest BCUT2D eigenvalue weighted by molar-refractivity contribution is 5.84. The number of aromatic amines is 1. The van der Waals surface area contributed by atoms with Crippen LogP contribution in [0.1, 0.15) is 31.2 Å². The molecule has 128 valence electrons. The Kier molecular flexibility index (Phi) is 5.95. The maximum absolute atomic E-state index is 11.9. The van der Waals surface area contributed by atoms with E-state index in [2.05, 4.69) is 10.3 Å². The monoisotopic (exact) mass is 330 g/mol. The van der Waals surface area contributed by atoms with Crippen molar-refractivity contribution in [2.24, 2.45) is 5.73 Å². The van der Waals surface area contributed by atoms with Crippen LogP contribution in [0.25, 0.3) is 10.9 Å². The zero-order valence-electron chi connectivity index (χ0n) is 13.2. The van der Waals surface area contributed by atoms with Gasteiger partial charge in [-0.1, -0.05) is 18.2 Å². The molecule has 0 unspecified atom stereocenters. The van der Waals surface area contributed by atoms with Crippen molar-refractivity contribution in [3.63, 3.8) is 0 Å². The fraction of sp³-hybridized carbons (Fsp3) is 0.353. The molecule has 1 heterocycles. The first-order valence-corrected chi connectivity index (χ1v) is 7.81. The van der Waals surface area contributed by atoms with Crippen molar-refractivity contribution in [2.45, 2.75) is 38.1 Å². The number of H-pyrrole nitrogens is 1. The van der Waals surface area contributed by atoms with Crippen LogP contribution < -0.4 is 16.2 Å². The van der Waals surface area contributed by atoms with Gasteiger partial charge in [0.1, 0.15) is 0 Å². The van der Waals surface area contributed by atoms with Gasteiger partial charge >= 0.3 is 0 Å². The lowest BCUT2D eigenvalue weighted by atomic mass is 10.1. The molecule has 2 aromatic rings. The molecule has 0 aliphatic heterocycles. The van der Waals surface area contributed by atoms with E-state index >= 15 is 0 Å². The van der Waals surface area contributed by atoms with Gasteiger partial charge in [-0.15, -0.1) is 0 Å². The number of rotatable bonds is 9. The molecular weight excluding hydrogens is 310 g/mol. The molecule has 0 saturated carbocycles. The summed E-state index contributed by atoms with van der Waals surface area (Å²) < 4.78 is 0. The van der Waals surface area contributed by atoms with Gasteiger partial charge in [0.15, 0.2) is 0 Å². The highest BCUT2D eigenvalue weighted by Crippen LogP contribution is 2.19. The molecule has 1 aromatic carbocycles. The molecule has 7 nitrogen and oxygen atoms in total. The number of carbonyl (C=O) groups is 3. The second-order valence-electron chi connectivity index (χ2n) is 5.66. The van der Waals surface area contributed by atoms with Gasteiger partial charge in [-0.25, -0.2) is 0 Å². The first-order valence-electron chi connectivity index (χ1n) is 7.81. The van der Waals surface area contributed by atoms with Crippen molar-refractivity contribution in [2.75, 3.05) is 0 Å². The Balaban J connectivity index is 1.81. The lowest BCUT2D eigenvalue weighted by Gasteiger charge is -2.19. The number of carbonyl (C=O) groups excluding carboxylic acids is 3. The third-order valence-electron chi connectivity index (χ3n) is 3.82. The van der Waals surface area contributed by atoms with Crippen LogP contribution in [0.2, 0.25) is 0 Å². The third-order valence-corrected chi connectivity index (χ3v) is 3.82. The van der Waals surface area contributed by atoms with Crippen LogP contribution in [-0.4, -0.2) is 28.8 Å². The van der Waals surface area contributed by atoms with Gasteiger partial charge in [0.25, 0.3) is 0 Å². The summed E-state index contributed by atoms with van der Waals surface area (Å²) in [6.45, 7) is 0. The van der Waals surface area contributed by atoms with Crippen molar-refractivity contribution >= 4 is 28.7 Å². The maximum Gasteiger partial charge on any atom is 0.220 e. The topological polar surface area (TPSA) is 128 Å². The summed E-state index contributed by atoms with van der Waals surface area (Å²) in [6.07, 6.45) is 3.22. The quantitative estimate of drug-likeness (QED) is 0.597. The van der Waals surface area contributed by atoms with Gasteiger partial charge in [0, 0.05) is 29.9 Å². The number of primary amides is 1. The Hall–Kier alpha value is -2.83. The van der Waals surface area contributed by atoms with E-state index in [0.717, 1.165) is 16.5 Å². The first kappa shape index (κ1) is 17.5. The molecule has 0 radical (unpaired) electrons. The number of amides is 2. The fourth-order valence-corrected chi connectivity index (χ4v) is 2.58. The summed E-state index contributed by atoms with van der Waals surface area (Å²) in [5.41, 5.74) is 7.14. The van der Waals surface area contributed by atoms with E-state index in [1.165, 1.54) is 0 Å². The Morgan fingerprint density at radius 2 is 1.96 bits per heavy atom. The molecule has 0 saturated heterocycles. The number of aliphatic carboxylic acids is 1. The minimum absolute atomic E-state index is 0.0636. The predicted octanol–water partition coefficient (Wildman–Crippen LogP) is -0.00920. The molecule has 0 spiro atoms. The maximum atomic E-state index is 11.9. The van der Waals surface area contributed by atoms with Crippen molar-refractivity contribution < 1.29 is 19.5 Å². The van der Waals surface area contributed by atoms with Crippen LogP contribution in [0, 0.1) is 0 Å². The van der Waals surface area contributed by atoms with Crippen molar-refractivity contribution in [1.82, 2.24) is 10.3 Å². The molecule has 7 heteroatoms. The van der Waals surface area contributed by atoms with E-state index in [1.54, 1.807) is 0 Å². The van der Waals surface area contributed by atoms with Crippen LogP contribution in [0.4, 0.5) is 0 Å². The van der Waals surface area contributed by atoms with Gasteiger partial charge in [-0.2, -0.15) is 0 Å². The smallest absolute Gasteiger partial charge is 0.220 e. The number of nitrogens with two attached hydrogens (primary N) is 1. The standard InChI is InChI=1S/C17H21N3O4/c18-15(21)9-8-14(17(23)24)20-16(22)7-3-4-11-10-19-13-6-2-1-5-12(11)13/h1-2,5-6,10,14,19H,3-4,7-9H2,(H2,18,21)(H,20,22)(H,23,24)/p-1/t14-/m0/s1. The number of fused-ring (bicyclic) bond motifs is 1. The van der Waals surface area contributed by atoms with E-state index in [1.807, 2.05) is 30.5 Å². The second-order valence-corrected chi connectivity index (χ2v) is 5.66. The fourth-order valence-electron chi connectivity index (χ4n) is 2.58. The van der Waals surface area contributed by atoms with Crippen molar-refractivity contribution in [1.29, 1.82) is 0 Å². The molecule has 2 rings (SSSR count). The number of carboxylic acid groups (broad SMARTS) is 1. The van der Waals surface area contributed by atoms with Gasteiger partial charge < -0.3 is 25.9 Å². The second kappa shape index (κ2) is 8.14. The van der Waals surface area contributed by atoms with E-state index < -0.39 is 17.9 Å². The van der Waals surface area contributed by atoms with Crippen molar-refractivity contribution in [3.8, 4) is 0 Å². The van der Waals surface area contributed by atoms with E-state index in [0.29, 0.717) is 12.8 Å². The van der Waals surface area contributed by atoms with Gasteiger partial charge in [0.05, 0.1) is 12.0 Å². The molecule has 24 heavy (non-hydrogen) atoms. The van der Waals surface area contributed by atoms with E-state index in [-0.39, 0.29) is 25.2 Å². The third kappa shape index (κ3) is 4.84. The van der Waals surface area contributed by atoms with Crippen LogP contribution in [0.5, 0.6) is 0 Å². The SMILES string of the molecule is NC(=O)CC[C@H](NC(=O)CCCc1c[nH]c2ccccc12)C(=O)[O-]. The van der Waals surface area contributed by atoms with Gasteiger partial charge in [0.2, 0.25) is 11.8 Å². The first-order chi connectivity index (χ1) is 11.5. The van der Waals surface area contributed by atoms with Crippen LogP contribution >= 0.6 is 0 Å². The highest BCUT2D eigenvalue weighted by Gasteiger charge is 2.14. The highest BCUT2D eigenvalue weighted by atomic mass is 16.4. The zero-order chi connectivity index (χ0) is 17.5. The number of aromatic nitrogens is 1. The molecule has 2 amide bonds. The lowest BCUT2D eigenvalue weighted by Crippen LogP contribution is -2.48. The minimum atomic E-state index is -1.42. The number of nitrogens with one attached hydrogen (secondary N) is 2. The van der Waals surface area contributed by atoms with Crippen molar-refractivity contribution in [3.05, 3.63) is 36.0 Å². The summed E-state index contributed by atoms with van der Waals surface area (Å²) in [4.78, 5) is 36.7. The van der Waals surface area contributed by atoms with Gasteiger partial charge in [-0.05, 0) is 30.9 Å². The molecular formula is C17H20N3O4-. The Bertz CT molecular complexity index is 738. The molecule has 1 atom stereocenters. The Labute approximate surface area is 139 Å². The molecule has 1 aromatic heterocycles. The number of benzene rings is 1. The number of aryl methyl sites for hydroxylation is 1. The van der Waals surface area contributed by atoms with Crippen LogP contribution in [0.3, 0.4) is 0 Å². The Morgan fingerprint density at radius 1 is 1.21 bits per heavy atom. The summed E-state index contributed by atoms with van der Waals surface area (Å²) >= 11 is 0.